The van der Waals surface area contributed by atoms with Crippen LogP contribution in [0.25, 0.3) is 0 Å². The van der Waals surface area contributed by atoms with E-state index in [0.29, 0.717) is 9.37 Å². The highest BCUT2D eigenvalue weighted by Crippen LogP contribution is 2.28. The van der Waals surface area contributed by atoms with Gasteiger partial charge in [-0.05, 0) is 54.8 Å². The Morgan fingerprint density at radius 2 is 1.70 bits per heavy atom. The maximum absolute atomic E-state index is 12.5. The van der Waals surface area contributed by atoms with Crippen LogP contribution < -0.4 is 4.72 Å². The van der Waals surface area contributed by atoms with Gasteiger partial charge in [0, 0.05) is 5.69 Å². The van der Waals surface area contributed by atoms with E-state index in [-0.39, 0.29) is 5.82 Å². The third-order valence-corrected chi connectivity index (χ3v) is 5.59. The fraction of sp³-hybridized carbons (Fsp3) is 0.308. The largest absolute Gasteiger partial charge is 0.280 e. The molecule has 2 N–H and O–H groups in total. The first kappa shape index (κ1) is 15.1. The van der Waals surface area contributed by atoms with Gasteiger partial charge in [0.25, 0.3) is 10.0 Å². The molecule has 0 bridgehead atoms. The molecular formula is C13H16BrN3O2S. The van der Waals surface area contributed by atoms with Gasteiger partial charge in [0.2, 0.25) is 0 Å². The molecule has 0 aliphatic rings. The third-order valence-electron chi connectivity index (χ3n) is 2.98. The molecule has 0 aliphatic carbocycles. The number of aryl methyl sites for hydroxylation is 4. The number of nitrogens with one attached hydrogen (secondary N) is 2. The highest BCUT2D eigenvalue weighted by atomic mass is 79.9. The molecule has 0 unspecified atom stereocenters. The minimum Gasteiger partial charge on any atom is -0.280 e. The summed E-state index contributed by atoms with van der Waals surface area (Å²) in [5.74, 6) is 0.266. The van der Waals surface area contributed by atoms with Gasteiger partial charge in [-0.3, -0.25) is 9.82 Å². The zero-order valence-corrected chi connectivity index (χ0v) is 14.1. The van der Waals surface area contributed by atoms with Crippen molar-refractivity contribution in [2.75, 3.05) is 4.72 Å². The summed E-state index contributed by atoms with van der Waals surface area (Å²) < 4.78 is 28.2. The van der Waals surface area contributed by atoms with Crippen LogP contribution in [-0.2, 0) is 10.0 Å². The number of nitrogens with zero attached hydrogens (tertiary/aromatic N) is 1. The quantitative estimate of drug-likeness (QED) is 0.885. The first-order valence-corrected chi connectivity index (χ1v) is 8.31. The number of sulfonamides is 1. The van der Waals surface area contributed by atoms with Crippen molar-refractivity contribution in [3.63, 3.8) is 0 Å². The Morgan fingerprint density at radius 3 is 2.15 bits per heavy atom. The summed E-state index contributed by atoms with van der Waals surface area (Å²) in [6, 6.07) is 3.71. The van der Waals surface area contributed by atoms with Gasteiger partial charge < -0.3 is 0 Å². The number of anilines is 1. The molecule has 0 aliphatic heterocycles. The summed E-state index contributed by atoms with van der Waals surface area (Å²) >= 11 is 3.30. The van der Waals surface area contributed by atoms with Crippen molar-refractivity contribution in [3.8, 4) is 0 Å². The van der Waals surface area contributed by atoms with Crippen molar-refractivity contribution in [3.05, 3.63) is 39.0 Å². The molecule has 5 nitrogen and oxygen atoms in total. The molecule has 1 aromatic heterocycles. The van der Waals surface area contributed by atoms with Crippen LogP contribution in [0.4, 0.5) is 5.82 Å². The van der Waals surface area contributed by atoms with Crippen LogP contribution >= 0.6 is 15.9 Å². The van der Waals surface area contributed by atoms with E-state index in [1.807, 2.05) is 19.1 Å². The van der Waals surface area contributed by atoms with Gasteiger partial charge in [0.15, 0.2) is 5.82 Å². The zero-order valence-electron chi connectivity index (χ0n) is 11.7. The van der Waals surface area contributed by atoms with E-state index in [4.69, 9.17) is 0 Å². The Balaban J connectivity index is 2.49. The normalized spacial score (nSPS) is 11.7. The molecule has 0 saturated carbocycles. The predicted molar refractivity (Wildman–Crippen MR) is 82.5 cm³/mol. The summed E-state index contributed by atoms with van der Waals surface area (Å²) in [5.41, 5.74) is 3.24. The number of hydrogen-bond donors (Lipinski definition) is 2. The number of H-pyrrole nitrogens is 1. The Kier molecular flexibility index (Phi) is 3.93. The lowest BCUT2D eigenvalue weighted by atomic mass is 10.1. The van der Waals surface area contributed by atoms with Crippen LogP contribution in [0.2, 0.25) is 0 Å². The smallest absolute Gasteiger partial charge is 0.263 e. The highest BCUT2D eigenvalue weighted by Gasteiger charge is 2.22. The van der Waals surface area contributed by atoms with Gasteiger partial charge in [-0.1, -0.05) is 17.7 Å². The van der Waals surface area contributed by atoms with E-state index in [9.17, 15) is 8.42 Å². The molecule has 2 aromatic rings. The molecule has 108 valence electrons. The van der Waals surface area contributed by atoms with Crippen molar-refractivity contribution in [2.24, 2.45) is 0 Å². The average Bonchev–Trinajstić information content (AvgIpc) is 2.58. The highest BCUT2D eigenvalue weighted by molar-refractivity contribution is 9.10. The molecule has 0 spiro atoms. The second-order valence-electron chi connectivity index (χ2n) is 4.84. The Hall–Kier alpha value is -1.34. The first-order chi connectivity index (χ1) is 9.22. The number of benzene rings is 1. The zero-order chi connectivity index (χ0) is 15.1. The lowest BCUT2D eigenvalue weighted by molar-refractivity contribution is 0.599. The Morgan fingerprint density at radius 1 is 1.15 bits per heavy atom. The van der Waals surface area contributed by atoms with Crippen LogP contribution in [0, 0.1) is 27.7 Å². The van der Waals surface area contributed by atoms with Crippen molar-refractivity contribution >= 4 is 31.8 Å². The number of aromatic amines is 1. The minimum absolute atomic E-state index is 0.266. The van der Waals surface area contributed by atoms with Gasteiger partial charge in [0.1, 0.15) is 0 Å². The van der Waals surface area contributed by atoms with Crippen molar-refractivity contribution in [1.29, 1.82) is 0 Å². The van der Waals surface area contributed by atoms with E-state index in [0.717, 1.165) is 22.4 Å². The molecule has 0 saturated heterocycles. The monoisotopic (exact) mass is 357 g/mol. The topological polar surface area (TPSA) is 74.8 Å². The molecular weight excluding hydrogens is 342 g/mol. The van der Waals surface area contributed by atoms with E-state index >= 15 is 0 Å². The molecule has 0 radical (unpaired) electrons. The fourth-order valence-corrected chi connectivity index (χ4v) is 4.13. The molecule has 7 heteroatoms. The molecule has 0 fully saturated rings. The van der Waals surface area contributed by atoms with E-state index in [1.165, 1.54) is 0 Å². The van der Waals surface area contributed by atoms with Gasteiger partial charge in [0.05, 0.1) is 9.37 Å². The Bertz CT molecular complexity index is 743. The number of hydrogen-bond acceptors (Lipinski definition) is 3. The van der Waals surface area contributed by atoms with Crippen LogP contribution in [0.3, 0.4) is 0 Å². The molecule has 2 rings (SSSR count). The second kappa shape index (κ2) is 5.21. The maximum atomic E-state index is 12.5. The number of halogens is 1. The number of rotatable bonds is 3. The van der Waals surface area contributed by atoms with E-state index in [2.05, 4.69) is 30.8 Å². The minimum atomic E-state index is -3.66. The Labute approximate surface area is 127 Å². The summed E-state index contributed by atoms with van der Waals surface area (Å²) in [6.45, 7) is 7.33. The lowest BCUT2D eigenvalue weighted by Gasteiger charge is -2.12. The second-order valence-corrected chi connectivity index (χ2v) is 7.26. The molecule has 0 amide bonds. The van der Waals surface area contributed by atoms with Crippen molar-refractivity contribution < 1.29 is 8.42 Å². The SMILES string of the molecule is Cc1cc(C)c(S(=O)(=O)Nc2n[nH]c(C)c2Br)c(C)c1. The molecule has 1 heterocycles. The summed E-state index contributed by atoms with van der Waals surface area (Å²) in [4.78, 5) is 0.302. The van der Waals surface area contributed by atoms with E-state index in [1.54, 1.807) is 20.8 Å². The summed E-state index contributed by atoms with van der Waals surface area (Å²) in [7, 11) is -3.66. The summed E-state index contributed by atoms with van der Waals surface area (Å²) in [5, 5.41) is 6.67. The van der Waals surface area contributed by atoms with Crippen molar-refractivity contribution in [2.45, 2.75) is 32.6 Å². The predicted octanol–water partition coefficient (Wildman–Crippen LogP) is 3.21. The molecule has 0 atom stereocenters. The average molecular weight is 358 g/mol. The van der Waals surface area contributed by atoms with Gasteiger partial charge in [-0.15, -0.1) is 0 Å². The molecule has 1 aromatic carbocycles. The van der Waals surface area contributed by atoms with Crippen LogP contribution in [0.15, 0.2) is 21.5 Å². The van der Waals surface area contributed by atoms with Crippen LogP contribution in [-0.4, -0.2) is 18.6 Å². The van der Waals surface area contributed by atoms with Gasteiger partial charge >= 0.3 is 0 Å². The number of aromatic nitrogens is 2. The van der Waals surface area contributed by atoms with Gasteiger partial charge in [-0.2, -0.15) is 5.10 Å². The fourth-order valence-electron chi connectivity index (χ4n) is 2.25. The van der Waals surface area contributed by atoms with Crippen LogP contribution in [0.1, 0.15) is 22.4 Å². The first-order valence-electron chi connectivity index (χ1n) is 6.03. The summed E-state index contributed by atoms with van der Waals surface area (Å²) in [6.07, 6.45) is 0. The third kappa shape index (κ3) is 2.73. The van der Waals surface area contributed by atoms with Gasteiger partial charge in [-0.25, -0.2) is 8.42 Å². The standard InChI is InChI=1S/C13H16BrN3O2S/c1-7-5-8(2)12(9(3)6-7)20(18,19)17-13-11(14)10(4)15-16-13/h5-6H,1-4H3,(H2,15,16,17). The maximum Gasteiger partial charge on any atom is 0.263 e. The van der Waals surface area contributed by atoms with Crippen molar-refractivity contribution in [1.82, 2.24) is 10.2 Å². The lowest BCUT2D eigenvalue weighted by Crippen LogP contribution is -2.16. The molecule has 20 heavy (non-hydrogen) atoms. The van der Waals surface area contributed by atoms with Crippen LogP contribution in [0.5, 0.6) is 0 Å². The van der Waals surface area contributed by atoms with E-state index < -0.39 is 10.0 Å².